The van der Waals surface area contributed by atoms with E-state index in [0.29, 0.717) is 18.0 Å². The topological polar surface area (TPSA) is 67.9 Å². The largest absolute Gasteiger partial charge is 0.497 e. The number of hydrogen-bond donors (Lipinski definition) is 1. The number of rotatable bonds is 9. The van der Waals surface area contributed by atoms with Gasteiger partial charge in [0, 0.05) is 12.6 Å². The van der Waals surface area contributed by atoms with E-state index in [0.717, 1.165) is 31.2 Å². The molecule has 1 unspecified atom stereocenters. The summed E-state index contributed by atoms with van der Waals surface area (Å²) >= 11 is 0. The molecule has 2 aromatic rings. The predicted octanol–water partition coefficient (Wildman–Crippen LogP) is 3.55. The summed E-state index contributed by atoms with van der Waals surface area (Å²) in [5.41, 5.74) is 0.892. The first-order valence-electron chi connectivity index (χ1n) is 10.5. The van der Waals surface area contributed by atoms with E-state index < -0.39 is 6.04 Å². The van der Waals surface area contributed by atoms with E-state index in [1.165, 1.54) is 0 Å². The molecule has 6 nitrogen and oxygen atoms in total. The maximum absolute atomic E-state index is 13.0. The molecule has 0 radical (unpaired) electrons. The lowest BCUT2D eigenvalue weighted by molar-refractivity contribution is -0.142. The van der Waals surface area contributed by atoms with Crippen LogP contribution in [-0.2, 0) is 16.1 Å². The third kappa shape index (κ3) is 5.99. The summed E-state index contributed by atoms with van der Waals surface area (Å²) in [6, 6.07) is 16.3. The molecule has 1 aliphatic carbocycles. The fraction of sp³-hybridized carbons (Fsp3) is 0.417. The van der Waals surface area contributed by atoms with E-state index in [9.17, 15) is 9.59 Å². The highest BCUT2D eigenvalue weighted by Crippen LogP contribution is 2.19. The van der Waals surface area contributed by atoms with Gasteiger partial charge in [0.2, 0.25) is 5.91 Å². The van der Waals surface area contributed by atoms with Gasteiger partial charge in [-0.25, -0.2) is 0 Å². The Balaban J connectivity index is 1.72. The summed E-state index contributed by atoms with van der Waals surface area (Å²) in [7, 11) is 1.60. The van der Waals surface area contributed by atoms with Crippen molar-refractivity contribution in [3.8, 4) is 11.5 Å². The van der Waals surface area contributed by atoms with Crippen molar-refractivity contribution in [3.05, 3.63) is 60.2 Å². The highest BCUT2D eigenvalue weighted by molar-refractivity contribution is 5.88. The van der Waals surface area contributed by atoms with Crippen molar-refractivity contribution in [1.82, 2.24) is 10.2 Å². The van der Waals surface area contributed by atoms with Gasteiger partial charge in [-0.1, -0.05) is 43.2 Å². The second-order valence-electron chi connectivity index (χ2n) is 7.64. The number of carbonyl (C=O) groups excluding carboxylic acids is 2. The van der Waals surface area contributed by atoms with Crippen LogP contribution in [0.2, 0.25) is 0 Å². The van der Waals surface area contributed by atoms with Crippen molar-refractivity contribution in [2.24, 2.45) is 0 Å². The van der Waals surface area contributed by atoms with Gasteiger partial charge in [0.1, 0.15) is 17.5 Å². The van der Waals surface area contributed by atoms with Gasteiger partial charge >= 0.3 is 0 Å². The second-order valence-corrected chi connectivity index (χ2v) is 7.64. The number of nitrogens with one attached hydrogen (secondary N) is 1. The normalized spacial score (nSPS) is 14.7. The number of methoxy groups -OCH3 is 1. The van der Waals surface area contributed by atoms with Gasteiger partial charge in [-0.15, -0.1) is 0 Å². The molecule has 1 saturated carbocycles. The lowest BCUT2D eigenvalue weighted by Gasteiger charge is -2.29. The Morgan fingerprint density at radius 1 is 1.07 bits per heavy atom. The quantitative estimate of drug-likeness (QED) is 0.687. The Morgan fingerprint density at radius 3 is 2.47 bits per heavy atom. The number of para-hydroxylation sites is 1. The smallest absolute Gasteiger partial charge is 0.261 e. The Kier molecular flexibility index (Phi) is 7.71. The summed E-state index contributed by atoms with van der Waals surface area (Å²) in [6.07, 6.45) is 4.27. The SMILES string of the molecule is COc1cccc(CN(C(=O)COc2ccccc2)C(C)C(=O)NC2CCCC2)c1. The fourth-order valence-electron chi connectivity index (χ4n) is 3.69. The molecule has 0 spiro atoms. The van der Waals surface area contributed by atoms with E-state index in [-0.39, 0.29) is 24.5 Å². The van der Waals surface area contributed by atoms with E-state index >= 15 is 0 Å². The molecule has 1 fully saturated rings. The molecule has 1 aliphatic rings. The molecule has 0 bridgehead atoms. The van der Waals surface area contributed by atoms with Gasteiger partial charge in [0.05, 0.1) is 7.11 Å². The lowest BCUT2D eigenvalue weighted by atomic mass is 10.1. The third-order valence-electron chi connectivity index (χ3n) is 5.46. The van der Waals surface area contributed by atoms with Gasteiger partial charge in [-0.05, 0) is 49.6 Å². The first kappa shape index (κ1) is 21.7. The Bertz CT molecular complexity index is 834. The molecular weight excluding hydrogens is 380 g/mol. The molecule has 6 heteroatoms. The van der Waals surface area contributed by atoms with E-state index in [2.05, 4.69) is 5.32 Å². The van der Waals surface area contributed by atoms with E-state index in [4.69, 9.17) is 9.47 Å². The van der Waals surface area contributed by atoms with Gasteiger partial charge in [-0.2, -0.15) is 0 Å². The summed E-state index contributed by atoms with van der Waals surface area (Å²) in [5.74, 6) is 0.965. The third-order valence-corrected chi connectivity index (χ3v) is 5.46. The number of hydrogen-bond acceptors (Lipinski definition) is 4. The van der Waals surface area contributed by atoms with E-state index in [1.54, 1.807) is 31.1 Å². The fourth-order valence-corrected chi connectivity index (χ4v) is 3.69. The number of ether oxygens (including phenoxy) is 2. The first-order chi connectivity index (χ1) is 14.6. The standard InChI is InChI=1S/C24H30N2O4/c1-18(24(28)25-20-10-6-7-11-20)26(16-19-9-8-14-22(15-19)29-2)23(27)17-30-21-12-4-3-5-13-21/h3-5,8-9,12-15,18,20H,6-7,10-11,16-17H2,1-2H3,(H,25,28). The summed E-state index contributed by atoms with van der Waals surface area (Å²) < 4.78 is 10.9. The molecule has 0 aromatic heterocycles. The number of carbonyl (C=O) groups is 2. The van der Waals surface area contributed by atoms with Gasteiger partial charge < -0.3 is 19.7 Å². The molecule has 1 N–H and O–H groups in total. The summed E-state index contributed by atoms with van der Waals surface area (Å²) in [4.78, 5) is 27.5. The summed E-state index contributed by atoms with van der Waals surface area (Å²) in [5, 5.41) is 3.10. The molecule has 0 aliphatic heterocycles. The Labute approximate surface area is 178 Å². The average molecular weight is 411 g/mol. The zero-order chi connectivity index (χ0) is 21.3. The van der Waals surface area contributed by atoms with Crippen molar-refractivity contribution in [3.63, 3.8) is 0 Å². The van der Waals surface area contributed by atoms with E-state index in [1.807, 2.05) is 42.5 Å². The van der Waals surface area contributed by atoms with Crippen LogP contribution in [0.15, 0.2) is 54.6 Å². The number of amides is 2. The minimum atomic E-state index is -0.608. The summed E-state index contributed by atoms with van der Waals surface area (Å²) in [6.45, 7) is 1.94. The van der Waals surface area contributed by atoms with Crippen molar-refractivity contribution in [2.45, 2.75) is 51.2 Å². The van der Waals surface area contributed by atoms with Gasteiger partial charge in [-0.3, -0.25) is 9.59 Å². The van der Waals surface area contributed by atoms with Crippen LogP contribution in [0, 0.1) is 0 Å². The Hall–Kier alpha value is -3.02. The molecule has 2 amide bonds. The monoisotopic (exact) mass is 410 g/mol. The zero-order valence-corrected chi connectivity index (χ0v) is 17.7. The first-order valence-corrected chi connectivity index (χ1v) is 10.5. The lowest BCUT2D eigenvalue weighted by Crippen LogP contribution is -2.50. The van der Waals surface area contributed by atoms with Crippen molar-refractivity contribution in [1.29, 1.82) is 0 Å². The van der Waals surface area contributed by atoms with Crippen LogP contribution in [0.4, 0.5) is 0 Å². The molecule has 3 rings (SSSR count). The predicted molar refractivity (Wildman–Crippen MR) is 115 cm³/mol. The Morgan fingerprint density at radius 2 is 1.77 bits per heavy atom. The highest BCUT2D eigenvalue weighted by atomic mass is 16.5. The minimum absolute atomic E-state index is 0.127. The van der Waals surface area contributed by atoms with Crippen LogP contribution in [-0.4, -0.2) is 42.5 Å². The van der Waals surface area contributed by atoms with Crippen molar-refractivity contribution < 1.29 is 19.1 Å². The van der Waals surface area contributed by atoms with Crippen molar-refractivity contribution >= 4 is 11.8 Å². The number of benzene rings is 2. The zero-order valence-electron chi connectivity index (χ0n) is 17.7. The molecule has 2 aromatic carbocycles. The molecule has 0 saturated heterocycles. The van der Waals surface area contributed by atoms with Crippen molar-refractivity contribution in [2.75, 3.05) is 13.7 Å². The molecule has 30 heavy (non-hydrogen) atoms. The molecule has 1 atom stereocenters. The highest BCUT2D eigenvalue weighted by Gasteiger charge is 2.28. The van der Waals surface area contributed by atoms with Crippen LogP contribution in [0.1, 0.15) is 38.2 Å². The van der Waals surface area contributed by atoms with Crippen LogP contribution in [0.25, 0.3) is 0 Å². The second kappa shape index (κ2) is 10.7. The van der Waals surface area contributed by atoms with Gasteiger partial charge in [0.15, 0.2) is 6.61 Å². The van der Waals surface area contributed by atoms with Crippen LogP contribution < -0.4 is 14.8 Å². The number of nitrogens with zero attached hydrogens (tertiary/aromatic N) is 1. The van der Waals surface area contributed by atoms with Crippen LogP contribution >= 0.6 is 0 Å². The molecule has 0 heterocycles. The average Bonchev–Trinajstić information content (AvgIpc) is 3.29. The maximum atomic E-state index is 13.0. The van der Waals surface area contributed by atoms with Crippen LogP contribution in [0.5, 0.6) is 11.5 Å². The van der Waals surface area contributed by atoms with Crippen LogP contribution in [0.3, 0.4) is 0 Å². The maximum Gasteiger partial charge on any atom is 0.261 e. The molecule has 160 valence electrons. The van der Waals surface area contributed by atoms with Gasteiger partial charge in [0.25, 0.3) is 5.91 Å². The minimum Gasteiger partial charge on any atom is -0.497 e. The molecular formula is C24H30N2O4.